The topological polar surface area (TPSA) is 77.3 Å². The molecule has 8 heteroatoms. The zero-order valence-electron chi connectivity index (χ0n) is 13.3. The fourth-order valence-corrected chi connectivity index (χ4v) is 2.84. The van der Waals surface area contributed by atoms with Gasteiger partial charge in [0, 0.05) is 23.9 Å². The Labute approximate surface area is 149 Å². The van der Waals surface area contributed by atoms with E-state index in [0.717, 1.165) is 6.42 Å². The van der Waals surface area contributed by atoms with Gasteiger partial charge in [-0.3, -0.25) is 10.1 Å². The van der Waals surface area contributed by atoms with Crippen LogP contribution in [0.15, 0.2) is 30.5 Å². The number of methoxy groups -OCH3 is 1. The molecule has 2 rings (SSSR count). The molecule has 0 fully saturated rings. The van der Waals surface area contributed by atoms with Crippen LogP contribution in [0.1, 0.15) is 13.3 Å². The molecule has 0 aliphatic carbocycles. The second kappa shape index (κ2) is 8.28. The van der Waals surface area contributed by atoms with Gasteiger partial charge in [-0.05, 0) is 24.6 Å². The molecule has 0 unspecified atom stereocenters. The maximum atomic E-state index is 11.6. The summed E-state index contributed by atoms with van der Waals surface area (Å²) in [6.45, 7) is 2.38. The molecular formula is C16H17Cl2N3O3. The molecule has 0 saturated heterocycles. The summed E-state index contributed by atoms with van der Waals surface area (Å²) in [6.07, 6.45) is 2.24. The molecule has 2 aromatic rings. The number of benzene rings is 1. The van der Waals surface area contributed by atoms with Crippen LogP contribution in [0, 0.1) is 10.1 Å². The summed E-state index contributed by atoms with van der Waals surface area (Å²) in [5.74, 6) is 0.187. The normalized spacial score (nSPS) is 12.0. The minimum Gasteiger partial charge on any atom is -0.383 e. The Morgan fingerprint density at radius 2 is 2.08 bits per heavy atom. The molecule has 1 N–H and O–H groups in total. The van der Waals surface area contributed by atoms with Crippen LogP contribution in [0.5, 0.6) is 0 Å². The summed E-state index contributed by atoms with van der Waals surface area (Å²) in [6, 6.07) is 6.32. The summed E-state index contributed by atoms with van der Waals surface area (Å²) in [7, 11) is 1.58. The molecule has 1 aromatic carbocycles. The maximum absolute atomic E-state index is 11.6. The van der Waals surface area contributed by atoms with Crippen LogP contribution >= 0.6 is 23.2 Å². The van der Waals surface area contributed by atoms with Gasteiger partial charge in [-0.25, -0.2) is 4.98 Å². The predicted molar refractivity (Wildman–Crippen MR) is 95.9 cm³/mol. The van der Waals surface area contributed by atoms with E-state index in [-0.39, 0.29) is 17.5 Å². The molecule has 128 valence electrons. The van der Waals surface area contributed by atoms with Gasteiger partial charge in [0.2, 0.25) is 5.82 Å². The fraction of sp³-hybridized carbons (Fsp3) is 0.312. The van der Waals surface area contributed by atoms with Gasteiger partial charge in [-0.2, -0.15) is 0 Å². The fourth-order valence-electron chi connectivity index (χ4n) is 2.33. The Morgan fingerprint density at radius 1 is 1.33 bits per heavy atom. The van der Waals surface area contributed by atoms with Crippen molar-refractivity contribution < 1.29 is 9.66 Å². The van der Waals surface area contributed by atoms with Gasteiger partial charge >= 0.3 is 5.69 Å². The first-order valence-electron chi connectivity index (χ1n) is 7.32. The van der Waals surface area contributed by atoms with Gasteiger partial charge in [-0.15, -0.1) is 0 Å². The maximum Gasteiger partial charge on any atom is 0.319 e. The van der Waals surface area contributed by atoms with E-state index in [1.54, 1.807) is 31.4 Å². The Kier molecular flexibility index (Phi) is 6.36. The summed E-state index contributed by atoms with van der Waals surface area (Å²) in [5, 5.41) is 15.5. The van der Waals surface area contributed by atoms with E-state index >= 15 is 0 Å². The number of hydrogen-bond donors (Lipinski definition) is 1. The summed E-state index contributed by atoms with van der Waals surface area (Å²) in [4.78, 5) is 15.3. The average Bonchev–Trinajstić information content (AvgIpc) is 2.54. The molecule has 6 nitrogen and oxygen atoms in total. The first-order chi connectivity index (χ1) is 11.5. The third-order valence-electron chi connectivity index (χ3n) is 3.53. The van der Waals surface area contributed by atoms with Gasteiger partial charge in [0.05, 0.1) is 28.2 Å². The summed E-state index contributed by atoms with van der Waals surface area (Å²) < 4.78 is 5.12. The molecule has 1 atom stereocenters. The number of anilines is 1. The second-order valence-corrected chi connectivity index (χ2v) is 5.99. The molecule has 0 aliphatic heterocycles. The van der Waals surface area contributed by atoms with Crippen LogP contribution in [0.2, 0.25) is 10.0 Å². The van der Waals surface area contributed by atoms with E-state index in [1.807, 2.05) is 6.92 Å². The predicted octanol–water partition coefficient (Wildman–Crippen LogP) is 4.80. The first-order valence-corrected chi connectivity index (χ1v) is 8.07. The number of hydrogen-bond acceptors (Lipinski definition) is 5. The largest absolute Gasteiger partial charge is 0.383 e. The average molecular weight is 370 g/mol. The van der Waals surface area contributed by atoms with Crippen molar-refractivity contribution in [2.45, 2.75) is 19.4 Å². The highest BCUT2D eigenvalue weighted by Crippen LogP contribution is 2.39. The first kappa shape index (κ1) is 18.4. The van der Waals surface area contributed by atoms with Crippen LogP contribution in [0.3, 0.4) is 0 Å². The smallest absolute Gasteiger partial charge is 0.319 e. The molecule has 0 spiro atoms. The van der Waals surface area contributed by atoms with E-state index in [0.29, 0.717) is 27.8 Å². The Bertz CT molecular complexity index is 741. The number of nitrogens with zero attached hydrogens (tertiary/aromatic N) is 2. The van der Waals surface area contributed by atoms with Crippen LogP contribution in [-0.2, 0) is 4.74 Å². The highest BCUT2D eigenvalue weighted by atomic mass is 35.5. The number of pyridine rings is 1. The molecule has 1 aromatic heterocycles. The number of nitrogens with one attached hydrogen (secondary N) is 1. The highest BCUT2D eigenvalue weighted by Gasteiger charge is 2.25. The minimum atomic E-state index is -0.463. The Morgan fingerprint density at radius 3 is 2.67 bits per heavy atom. The van der Waals surface area contributed by atoms with Crippen molar-refractivity contribution in [3.05, 3.63) is 50.6 Å². The van der Waals surface area contributed by atoms with Crippen molar-refractivity contribution in [3.63, 3.8) is 0 Å². The van der Waals surface area contributed by atoms with Crippen LogP contribution in [0.4, 0.5) is 11.5 Å². The lowest BCUT2D eigenvalue weighted by atomic mass is 10.0. The van der Waals surface area contributed by atoms with Crippen LogP contribution < -0.4 is 5.32 Å². The second-order valence-electron chi connectivity index (χ2n) is 5.14. The number of ether oxygens (including phenoxy) is 1. The zero-order valence-corrected chi connectivity index (χ0v) is 14.8. The lowest BCUT2D eigenvalue weighted by molar-refractivity contribution is -0.383. The van der Waals surface area contributed by atoms with E-state index in [4.69, 9.17) is 27.9 Å². The molecule has 0 amide bonds. The summed E-state index contributed by atoms with van der Waals surface area (Å²) in [5.41, 5.74) is 0.778. The Hall–Kier alpha value is -1.89. The zero-order chi connectivity index (χ0) is 17.7. The van der Waals surface area contributed by atoms with E-state index in [2.05, 4.69) is 10.3 Å². The van der Waals surface area contributed by atoms with Crippen molar-refractivity contribution in [1.29, 1.82) is 0 Å². The molecule has 24 heavy (non-hydrogen) atoms. The molecule has 0 bridgehead atoms. The Balaban J connectivity index is 2.53. The van der Waals surface area contributed by atoms with Crippen molar-refractivity contribution in [3.8, 4) is 11.1 Å². The standard InChI is InChI=1S/C16H17Cl2N3O3/c1-3-11(9-24-2)20-16-15(21(22)23)13(6-7-19-16)12-5-4-10(17)8-14(12)18/h4-8,11H,3,9H2,1-2H3,(H,19,20)/t11-/m0/s1. The quantitative estimate of drug-likeness (QED) is 0.560. The number of nitro groups is 1. The SMILES string of the molecule is CC[C@@H](COC)Nc1nccc(-c2ccc(Cl)cc2Cl)c1[N+](=O)[O-]. The molecular weight excluding hydrogens is 353 g/mol. The minimum absolute atomic E-state index is 0.0860. The number of rotatable bonds is 7. The molecule has 0 saturated carbocycles. The molecule has 1 heterocycles. The number of halogens is 2. The molecule has 0 radical (unpaired) electrons. The van der Waals surface area contributed by atoms with E-state index in [1.165, 1.54) is 6.20 Å². The van der Waals surface area contributed by atoms with Crippen LogP contribution in [-0.4, -0.2) is 29.7 Å². The number of aromatic nitrogens is 1. The third-order valence-corrected chi connectivity index (χ3v) is 4.08. The monoisotopic (exact) mass is 369 g/mol. The van der Waals surface area contributed by atoms with Crippen molar-refractivity contribution >= 4 is 34.7 Å². The van der Waals surface area contributed by atoms with Crippen molar-refractivity contribution in [1.82, 2.24) is 4.98 Å². The van der Waals surface area contributed by atoms with E-state index < -0.39 is 4.92 Å². The van der Waals surface area contributed by atoms with Gasteiger partial charge < -0.3 is 10.1 Å². The van der Waals surface area contributed by atoms with Gasteiger partial charge in [-0.1, -0.05) is 36.2 Å². The third kappa shape index (κ3) is 4.14. The van der Waals surface area contributed by atoms with Crippen molar-refractivity contribution in [2.75, 3.05) is 19.0 Å². The van der Waals surface area contributed by atoms with Crippen molar-refractivity contribution in [2.24, 2.45) is 0 Å². The molecule has 0 aliphatic rings. The lowest BCUT2D eigenvalue weighted by Gasteiger charge is -2.17. The lowest BCUT2D eigenvalue weighted by Crippen LogP contribution is -2.25. The van der Waals surface area contributed by atoms with E-state index in [9.17, 15) is 10.1 Å². The highest BCUT2D eigenvalue weighted by molar-refractivity contribution is 6.36. The van der Waals surface area contributed by atoms with Crippen LogP contribution in [0.25, 0.3) is 11.1 Å². The van der Waals surface area contributed by atoms with Gasteiger partial charge in [0.25, 0.3) is 0 Å². The van der Waals surface area contributed by atoms with Gasteiger partial charge in [0.1, 0.15) is 0 Å². The summed E-state index contributed by atoms with van der Waals surface area (Å²) >= 11 is 12.1. The van der Waals surface area contributed by atoms with Gasteiger partial charge in [0.15, 0.2) is 0 Å².